The van der Waals surface area contributed by atoms with Crippen molar-refractivity contribution >= 4 is 26.6 Å². The van der Waals surface area contributed by atoms with Crippen LogP contribution in [-0.2, 0) is 30.0 Å². The first-order chi connectivity index (χ1) is 16.0. The smallest absolute Gasteiger partial charge is 0.266 e. The number of rotatable bonds is 6. The second kappa shape index (κ2) is 8.92. The van der Waals surface area contributed by atoms with Crippen molar-refractivity contribution in [2.24, 2.45) is 12.0 Å². The van der Waals surface area contributed by atoms with E-state index in [1.165, 1.54) is 22.6 Å². The highest BCUT2D eigenvalue weighted by Crippen LogP contribution is 2.24. The number of benzene rings is 2. The fourth-order valence-electron chi connectivity index (χ4n) is 3.78. The molecular weight excluding hydrogens is 470 g/mol. The van der Waals surface area contributed by atoms with Crippen molar-refractivity contribution in [2.45, 2.75) is 42.3 Å². The standard InChI is InChI=1S/C24H27N5O3S2/c1-24(2)15-29-20(25)19(22(30)28(3)23(29)27-24)21(33-17-8-6-5-7-9-17)26-14-16-10-12-18(13-11-16)34(4,31)32/h5-13,25-26H,14-15H2,1-4H3. The number of sulfone groups is 1. The fraction of sp³-hybridized carbons (Fsp3) is 0.292. The number of thioether (sulfide) groups is 1. The Morgan fingerprint density at radius 3 is 2.41 bits per heavy atom. The molecule has 34 heavy (non-hydrogen) atoms. The molecule has 10 heteroatoms. The molecule has 0 fully saturated rings. The summed E-state index contributed by atoms with van der Waals surface area (Å²) in [6, 6.07) is 16.3. The Kier molecular flexibility index (Phi) is 6.30. The van der Waals surface area contributed by atoms with Crippen LogP contribution in [0.1, 0.15) is 19.4 Å². The molecule has 0 saturated heterocycles. The maximum absolute atomic E-state index is 13.4. The third-order valence-corrected chi connectivity index (χ3v) is 7.70. The predicted octanol–water partition coefficient (Wildman–Crippen LogP) is 1.13. The third kappa shape index (κ3) is 4.88. The van der Waals surface area contributed by atoms with E-state index in [9.17, 15) is 13.2 Å². The zero-order chi connectivity index (χ0) is 24.7. The summed E-state index contributed by atoms with van der Waals surface area (Å²) in [5.41, 5.74) is 0.769. The first kappa shape index (κ1) is 24.0. The Morgan fingerprint density at radius 2 is 1.79 bits per heavy atom. The lowest BCUT2D eigenvalue weighted by atomic mass is 10.1. The highest BCUT2D eigenvalue weighted by atomic mass is 32.2. The minimum absolute atomic E-state index is 0.116. The van der Waals surface area contributed by atoms with Gasteiger partial charge in [0.2, 0.25) is 5.62 Å². The molecule has 0 bridgehead atoms. The minimum Gasteiger partial charge on any atom is -0.375 e. The van der Waals surface area contributed by atoms with E-state index >= 15 is 0 Å². The van der Waals surface area contributed by atoms with Crippen molar-refractivity contribution < 1.29 is 8.42 Å². The Labute approximate surface area is 202 Å². The average molecular weight is 498 g/mol. The maximum Gasteiger partial charge on any atom is 0.266 e. The van der Waals surface area contributed by atoms with Gasteiger partial charge in [0.1, 0.15) is 10.7 Å². The van der Waals surface area contributed by atoms with E-state index in [1.807, 2.05) is 44.2 Å². The molecule has 2 aromatic carbocycles. The average Bonchev–Trinajstić information content (AvgIpc) is 3.12. The van der Waals surface area contributed by atoms with Crippen molar-refractivity contribution in [1.82, 2.24) is 14.5 Å². The topological polar surface area (TPSA) is 109 Å². The molecule has 2 heterocycles. The van der Waals surface area contributed by atoms with Gasteiger partial charge < -0.3 is 5.32 Å². The van der Waals surface area contributed by atoms with Gasteiger partial charge in [0.05, 0.1) is 22.0 Å². The molecule has 0 amide bonds. The van der Waals surface area contributed by atoms with Gasteiger partial charge in [-0.05, 0) is 43.7 Å². The molecule has 178 valence electrons. The van der Waals surface area contributed by atoms with Crippen LogP contribution in [0.25, 0.3) is 5.03 Å². The zero-order valence-corrected chi connectivity index (χ0v) is 21.1. The molecule has 0 aliphatic carbocycles. The second-order valence-corrected chi connectivity index (χ2v) is 12.0. The molecule has 0 saturated carbocycles. The van der Waals surface area contributed by atoms with E-state index in [0.717, 1.165) is 10.5 Å². The Bertz CT molecular complexity index is 1590. The lowest BCUT2D eigenvalue weighted by molar-refractivity contribution is 0.466. The lowest BCUT2D eigenvalue weighted by Gasteiger charge is -2.14. The monoisotopic (exact) mass is 497 g/mol. The zero-order valence-electron chi connectivity index (χ0n) is 19.5. The van der Waals surface area contributed by atoms with Gasteiger partial charge in [0, 0.05) is 24.7 Å². The fourth-order valence-corrected chi connectivity index (χ4v) is 5.37. The molecule has 2 N–H and O–H groups in total. The summed E-state index contributed by atoms with van der Waals surface area (Å²) >= 11 is 1.38. The number of nitrogens with one attached hydrogen (secondary N) is 2. The summed E-state index contributed by atoms with van der Waals surface area (Å²) in [6.45, 7) is 4.83. The van der Waals surface area contributed by atoms with E-state index in [1.54, 1.807) is 35.9 Å². The van der Waals surface area contributed by atoms with E-state index in [4.69, 9.17) is 5.41 Å². The number of hydrogen-bond donors (Lipinski definition) is 2. The van der Waals surface area contributed by atoms with Crippen molar-refractivity contribution in [1.29, 1.82) is 5.41 Å². The second-order valence-electron chi connectivity index (χ2n) is 8.91. The van der Waals surface area contributed by atoms with Gasteiger partial charge in [-0.3, -0.25) is 19.3 Å². The summed E-state index contributed by atoms with van der Waals surface area (Å²) in [5, 5.41) is 13.0. The van der Waals surface area contributed by atoms with E-state index in [0.29, 0.717) is 23.7 Å². The van der Waals surface area contributed by atoms with Crippen LogP contribution in [0.5, 0.6) is 0 Å². The van der Waals surface area contributed by atoms with Crippen molar-refractivity contribution in [2.75, 3.05) is 6.26 Å². The molecule has 1 aliphatic rings. The molecular formula is C24H27N5O3S2. The van der Waals surface area contributed by atoms with E-state index < -0.39 is 15.4 Å². The normalized spacial score (nSPS) is 15.4. The van der Waals surface area contributed by atoms with Gasteiger partial charge in [0.25, 0.3) is 5.56 Å². The van der Waals surface area contributed by atoms with Gasteiger partial charge in [0.15, 0.2) is 9.84 Å². The van der Waals surface area contributed by atoms with Crippen LogP contribution in [0.2, 0.25) is 0 Å². The highest BCUT2D eigenvalue weighted by molar-refractivity contribution is 8.07. The molecule has 8 nitrogen and oxygen atoms in total. The van der Waals surface area contributed by atoms with Crippen molar-refractivity contribution in [3.8, 4) is 0 Å². The van der Waals surface area contributed by atoms with Crippen LogP contribution in [0, 0.1) is 5.41 Å². The minimum atomic E-state index is -3.28. The van der Waals surface area contributed by atoms with Gasteiger partial charge in [-0.2, -0.15) is 0 Å². The lowest BCUT2D eigenvalue weighted by Crippen LogP contribution is -2.58. The van der Waals surface area contributed by atoms with Crippen LogP contribution in [0.15, 0.2) is 74.2 Å². The van der Waals surface area contributed by atoms with Gasteiger partial charge >= 0.3 is 0 Å². The third-order valence-electron chi connectivity index (χ3n) is 5.51. The highest BCUT2D eigenvalue weighted by Gasteiger charge is 2.26. The maximum atomic E-state index is 13.4. The Morgan fingerprint density at radius 1 is 1.15 bits per heavy atom. The van der Waals surface area contributed by atoms with Crippen LogP contribution in [0.3, 0.4) is 0 Å². The summed E-state index contributed by atoms with van der Waals surface area (Å²) < 4.78 is 26.8. The molecule has 0 radical (unpaired) electrons. The number of hydrogen-bond acceptors (Lipinski definition) is 7. The first-order valence-corrected chi connectivity index (χ1v) is 13.4. The van der Waals surface area contributed by atoms with Crippen LogP contribution in [-0.4, -0.2) is 29.3 Å². The first-order valence-electron chi connectivity index (χ1n) is 10.7. The van der Waals surface area contributed by atoms with Gasteiger partial charge in [-0.15, -0.1) is 0 Å². The molecule has 0 atom stereocenters. The SMILES string of the molecule is Cn1c(=O)c(=C(NCc2ccc(S(C)(=O)=O)cc2)Sc2ccccc2)c(=N)n2c1=NC(C)(C)C2. The van der Waals surface area contributed by atoms with Crippen LogP contribution < -0.4 is 27.2 Å². The van der Waals surface area contributed by atoms with Crippen LogP contribution >= 0.6 is 11.8 Å². The molecule has 4 rings (SSSR count). The number of nitrogens with zero attached hydrogens (tertiary/aromatic N) is 3. The largest absolute Gasteiger partial charge is 0.375 e. The number of fused-ring (bicyclic) bond motifs is 1. The molecule has 1 aromatic heterocycles. The molecule has 3 aromatic rings. The van der Waals surface area contributed by atoms with Crippen molar-refractivity contribution in [3.63, 3.8) is 0 Å². The summed E-state index contributed by atoms with van der Waals surface area (Å²) in [4.78, 5) is 19.2. The Balaban J connectivity index is 1.82. The van der Waals surface area contributed by atoms with Crippen molar-refractivity contribution in [3.05, 3.63) is 86.8 Å². The predicted molar refractivity (Wildman–Crippen MR) is 132 cm³/mol. The van der Waals surface area contributed by atoms with E-state index in [-0.39, 0.29) is 21.2 Å². The van der Waals surface area contributed by atoms with E-state index in [2.05, 4.69) is 10.3 Å². The number of aromatic nitrogens is 2. The molecule has 0 spiro atoms. The van der Waals surface area contributed by atoms with Gasteiger partial charge in [-0.25, -0.2) is 13.4 Å². The molecule has 0 unspecified atom stereocenters. The Hall–Kier alpha value is -3.11. The quantitative estimate of drug-likeness (QED) is 0.496. The van der Waals surface area contributed by atoms with Crippen LogP contribution in [0.4, 0.5) is 0 Å². The summed E-state index contributed by atoms with van der Waals surface area (Å²) in [6.07, 6.45) is 1.17. The molecule has 1 aliphatic heterocycles. The van der Waals surface area contributed by atoms with Gasteiger partial charge in [-0.1, -0.05) is 42.1 Å². The summed E-state index contributed by atoms with van der Waals surface area (Å²) in [5.74, 6) is 0. The summed E-state index contributed by atoms with van der Waals surface area (Å²) in [7, 11) is -1.60.